The predicted octanol–water partition coefficient (Wildman–Crippen LogP) is 5.23. The number of aromatic nitrogens is 4. The summed E-state index contributed by atoms with van der Waals surface area (Å²) >= 11 is 0. The summed E-state index contributed by atoms with van der Waals surface area (Å²) in [5, 5.41) is 1.13. The minimum atomic E-state index is 0.322. The van der Waals surface area contributed by atoms with Gasteiger partial charge in [-0.3, -0.25) is 0 Å². The first kappa shape index (κ1) is 19.2. The van der Waals surface area contributed by atoms with Crippen molar-refractivity contribution in [1.82, 2.24) is 15.0 Å². The third kappa shape index (κ3) is 3.51. The average molecular weight is 384 g/mol. The molecule has 0 saturated heterocycles. The molecule has 0 spiro atoms. The molecule has 0 aliphatic rings. The Kier molecular flexibility index (Phi) is 4.87. The fraction of sp³-hybridized carbons (Fsp3) is 0.280. The van der Waals surface area contributed by atoms with Crippen molar-refractivity contribution in [1.29, 1.82) is 0 Å². The minimum Gasteiger partial charge on any atom is -0.240 e. The van der Waals surface area contributed by atoms with E-state index < -0.39 is 0 Å². The third-order valence-electron chi connectivity index (χ3n) is 5.56. The summed E-state index contributed by atoms with van der Waals surface area (Å²) in [6.45, 7) is 10.7. The molecule has 0 amide bonds. The Morgan fingerprint density at radius 1 is 0.862 bits per heavy atom. The Morgan fingerprint density at radius 3 is 2.28 bits per heavy atom. The van der Waals surface area contributed by atoms with Crippen molar-refractivity contribution >= 4 is 10.9 Å². The van der Waals surface area contributed by atoms with Crippen LogP contribution in [0.15, 0.2) is 49.1 Å². The van der Waals surface area contributed by atoms with Gasteiger partial charge in [-0.15, -0.1) is 0 Å². The van der Waals surface area contributed by atoms with Crippen LogP contribution in [0.2, 0.25) is 0 Å². The molecule has 2 heterocycles. The molecule has 2 aromatic carbocycles. The Labute approximate surface area is 172 Å². The van der Waals surface area contributed by atoms with Crippen LogP contribution >= 0.6 is 0 Å². The van der Waals surface area contributed by atoms with E-state index in [1.807, 2.05) is 18.7 Å². The van der Waals surface area contributed by atoms with Crippen molar-refractivity contribution in [3.05, 3.63) is 71.6 Å². The molecule has 29 heavy (non-hydrogen) atoms. The van der Waals surface area contributed by atoms with Crippen molar-refractivity contribution in [3.63, 3.8) is 0 Å². The second-order valence-electron chi connectivity index (χ2n) is 8.18. The van der Waals surface area contributed by atoms with Crippen LogP contribution in [0.1, 0.15) is 42.3 Å². The summed E-state index contributed by atoms with van der Waals surface area (Å²) in [4.78, 5) is 13.7. The number of fused-ring (bicyclic) bond motifs is 1. The van der Waals surface area contributed by atoms with Gasteiger partial charge in [0.1, 0.15) is 11.5 Å². The van der Waals surface area contributed by atoms with Gasteiger partial charge in [0, 0.05) is 29.4 Å². The van der Waals surface area contributed by atoms with E-state index in [0.717, 1.165) is 27.9 Å². The van der Waals surface area contributed by atoms with E-state index in [1.165, 1.54) is 27.9 Å². The second kappa shape index (κ2) is 7.36. The molecule has 0 aliphatic heterocycles. The highest BCUT2D eigenvalue weighted by Gasteiger charge is 2.18. The van der Waals surface area contributed by atoms with Crippen molar-refractivity contribution in [3.8, 4) is 22.4 Å². The molecule has 0 unspecified atom stereocenters. The van der Waals surface area contributed by atoms with Crippen molar-refractivity contribution in [2.24, 2.45) is 7.05 Å². The van der Waals surface area contributed by atoms with Gasteiger partial charge < -0.3 is 0 Å². The van der Waals surface area contributed by atoms with Gasteiger partial charge in [-0.1, -0.05) is 25.5 Å². The lowest BCUT2D eigenvalue weighted by Crippen LogP contribution is -2.32. The highest BCUT2D eigenvalue weighted by atomic mass is 15.0. The molecular formula is C25H27N4+. The largest absolute Gasteiger partial charge is 0.287 e. The fourth-order valence-corrected chi connectivity index (χ4v) is 3.82. The van der Waals surface area contributed by atoms with Gasteiger partial charge in [-0.05, 0) is 66.7 Å². The van der Waals surface area contributed by atoms with Crippen LogP contribution in [0.25, 0.3) is 33.3 Å². The third-order valence-corrected chi connectivity index (χ3v) is 5.56. The zero-order valence-corrected chi connectivity index (χ0v) is 18.0. The number of nitrogens with zero attached hydrogens (tertiary/aromatic N) is 4. The van der Waals surface area contributed by atoms with Crippen LogP contribution in [0.5, 0.6) is 0 Å². The van der Waals surface area contributed by atoms with Crippen LogP contribution < -0.4 is 4.57 Å². The van der Waals surface area contributed by atoms with Crippen molar-refractivity contribution < 1.29 is 4.57 Å². The van der Waals surface area contributed by atoms with E-state index in [9.17, 15) is 0 Å². The van der Waals surface area contributed by atoms with Crippen molar-refractivity contribution in [2.45, 2.75) is 40.5 Å². The zero-order chi connectivity index (χ0) is 20.7. The maximum absolute atomic E-state index is 4.65. The lowest BCUT2D eigenvalue weighted by molar-refractivity contribution is -0.662. The smallest absolute Gasteiger partial charge is 0.240 e. The molecule has 2 aromatic heterocycles. The monoisotopic (exact) mass is 383 g/mol. The summed E-state index contributed by atoms with van der Waals surface area (Å²) in [5.74, 6) is 1.19. The van der Waals surface area contributed by atoms with E-state index in [1.54, 1.807) is 0 Å². The SMILES string of the molecule is Cc1cc(C)c(C)c(-c2c3cc(-c4cnc(C(C)C)nc4)ccc3nc[n+]2C)c1. The Morgan fingerprint density at radius 2 is 1.59 bits per heavy atom. The van der Waals surface area contributed by atoms with Gasteiger partial charge in [0.25, 0.3) is 6.33 Å². The Balaban J connectivity index is 1.94. The summed E-state index contributed by atoms with van der Waals surface area (Å²) in [7, 11) is 2.06. The molecule has 4 rings (SSSR count). The lowest BCUT2D eigenvalue weighted by Gasteiger charge is -2.13. The number of aryl methyl sites for hydroxylation is 3. The topological polar surface area (TPSA) is 42.6 Å². The van der Waals surface area contributed by atoms with Crippen LogP contribution in [0.4, 0.5) is 0 Å². The van der Waals surface area contributed by atoms with E-state index in [2.05, 4.69) is 91.5 Å². The summed E-state index contributed by atoms with van der Waals surface area (Å²) in [6.07, 6.45) is 5.73. The Hall–Kier alpha value is -3.14. The van der Waals surface area contributed by atoms with Gasteiger partial charge in [0.2, 0.25) is 0 Å². The normalized spacial score (nSPS) is 11.4. The molecule has 4 heteroatoms. The highest BCUT2D eigenvalue weighted by Crippen LogP contribution is 2.32. The van der Waals surface area contributed by atoms with Gasteiger partial charge in [-0.25, -0.2) is 14.5 Å². The molecule has 0 fully saturated rings. The van der Waals surface area contributed by atoms with Crippen LogP contribution in [-0.4, -0.2) is 15.0 Å². The van der Waals surface area contributed by atoms with E-state index in [4.69, 9.17) is 0 Å². The minimum absolute atomic E-state index is 0.322. The summed E-state index contributed by atoms with van der Waals surface area (Å²) in [6, 6.07) is 10.9. The molecule has 0 aliphatic carbocycles. The van der Waals surface area contributed by atoms with Crippen LogP contribution in [0, 0.1) is 20.8 Å². The van der Waals surface area contributed by atoms with Crippen molar-refractivity contribution in [2.75, 3.05) is 0 Å². The first-order chi connectivity index (χ1) is 13.8. The first-order valence-corrected chi connectivity index (χ1v) is 10.0. The fourth-order valence-electron chi connectivity index (χ4n) is 3.82. The maximum atomic E-state index is 4.65. The number of hydrogen-bond donors (Lipinski definition) is 0. The van der Waals surface area contributed by atoms with E-state index >= 15 is 0 Å². The number of benzene rings is 2. The number of rotatable bonds is 3. The maximum Gasteiger partial charge on any atom is 0.287 e. The second-order valence-corrected chi connectivity index (χ2v) is 8.18. The summed E-state index contributed by atoms with van der Waals surface area (Å²) in [5.41, 5.74) is 9.41. The van der Waals surface area contributed by atoms with Gasteiger partial charge in [-0.2, -0.15) is 0 Å². The molecule has 4 nitrogen and oxygen atoms in total. The van der Waals surface area contributed by atoms with E-state index in [0.29, 0.717) is 5.92 Å². The lowest BCUT2D eigenvalue weighted by atomic mass is 9.94. The quantitative estimate of drug-likeness (QED) is 0.455. The average Bonchev–Trinajstić information content (AvgIpc) is 2.70. The Bertz CT molecular complexity index is 1210. The zero-order valence-electron chi connectivity index (χ0n) is 18.0. The number of hydrogen-bond acceptors (Lipinski definition) is 3. The van der Waals surface area contributed by atoms with Gasteiger partial charge >= 0.3 is 0 Å². The molecule has 0 N–H and O–H groups in total. The molecule has 0 saturated carbocycles. The molecule has 0 radical (unpaired) electrons. The molecule has 0 atom stereocenters. The molecular weight excluding hydrogens is 356 g/mol. The molecule has 4 aromatic rings. The first-order valence-electron chi connectivity index (χ1n) is 10.0. The van der Waals surface area contributed by atoms with Crippen LogP contribution in [0.3, 0.4) is 0 Å². The summed E-state index contributed by atoms with van der Waals surface area (Å²) < 4.78 is 2.12. The molecule has 146 valence electrons. The van der Waals surface area contributed by atoms with E-state index in [-0.39, 0.29) is 0 Å². The molecule has 0 bridgehead atoms. The van der Waals surface area contributed by atoms with Gasteiger partial charge in [0.05, 0.1) is 12.4 Å². The highest BCUT2D eigenvalue weighted by molar-refractivity contribution is 5.94. The van der Waals surface area contributed by atoms with Crippen LogP contribution in [-0.2, 0) is 7.05 Å². The standard InChI is InChI=1S/C25H27N4/c1-15(2)25-26-12-20(13-27-25)19-7-8-23-22(11-19)24(29(6)14-28-23)21-10-16(3)9-17(4)18(21)5/h7-15H,1-6H3/q+1. The predicted molar refractivity (Wildman–Crippen MR) is 118 cm³/mol. The van der Waals surface area contributed by atoms with Gasteiger partial charge in [0.15, 0.2) is 5.52 Å².